The summed E-state index contributed by atoms with van der Waals surface area (Å²) >= 11 is 5.83. The van der Waals surface area contributed by atoms with Gasteiger partial charge in [0.25, 0.3) is 0 Å². The highest BCUT2D eigenvalue weighted by atomic mass is 35.5. The van der Waals surface area contributed by atoms with Gasteiger partial charge in [0.15, 0.2) is 0 Å². The van der Waals surface area contributed by atoms with E-state index in [4.69, 9.17) is 22.3 Å². The van der Waals surface area contributed by atoms with Crippen LogP contribution in [0.1, 0.15) is 25.7 Å². The number of carbonyl (C=O) groups excluding carboxylic acids is 1. The minimum Gasteiger partial charge on any atom is -0.340 e. The third-order valence-electron chi connectivity index (χ3n) is 5.59. The Bertz CT molecular complexity index is 1150. The van der Waals surface area contributed by atoms with Crippen molar-refractivity contribution < 1.29 is 13.6 Å². The van der Waals surface area contributed by atoms with Crippen LogP contribution in [0.5, 0.6) is 0 Å². The zero-order chi connectivity index (χ0) is 23.0. The summed E-state index contributed by atoms with van der Waals surface area (Å²) in [6.45, 7) is 4.91. The van der Waals surface area contributed by atoms with Crippen molar-refractivity contribution in [2.45, 2.75) is 26.4 Å². The van der Waals surface area contributed by atoms with Gasteiger partial charge >= 0.3 is 0 Å². The number of hydrogen-bond donors (Lipinski definition) is 2. The number of nitrogens with zero attached hydrogens (tertiary/aromatic N) is 3. The first-order chi connectivity index (χ1) is 15.3. The van der Waals surface area contributed by atoms with Crippen LogP contribution in [0, 0.1) is 17.6 Å². The summed E-state index contributed by atoms with van der Waals surface area (Å²) in [6.07, 6.45) is 0. The number of amides is 1. The van der Waals surface area contributed by atoms with Crippen LogP contribution in [0.4, 0.5) is 20.3 Å². The number of imidazole rings is 1. The van der Waals surface area contributed by atoms with Crippen molar-refractivity contribution in [3.63, 3.8) is 0 Å². The Labute approximate surface area is 190 Å². The molecule has 0 spiro atoms. The molecule has 6 nitrogen and oxygen atoms in total. The molecule has 0 radical (unpaired) electrons. The standard InChI is InChI=1S/C23H24ClF2N5O/c1-13(2)21-23-29-20(14-3-5-15(25)6-4-14)22(28-16-7-8-17(24)18(26)11-16)31(23)10-9-30(21)19(32)12-27/h3-8,11,13,21,28H,9-10,12,27H2,1-2H3. The number of benzene rings is 2. The van der Waals surface area contributed by atoms with E-state index in [1.54, 1.807) is 23.1 Å². The number of fused-ring (bicyclic) bond motifs is 1. The van der Waals surface area contributed by atoms with E-state index >= 15 is 0 Å². The second-order valence-electron chi connectivity index (χ2n) is 8.06. The Morgan fingerprint density at radius 3 is 2.56 bits per heavy atom. The molecule has 1 amide bonds. The van der Waals surface area contributed by atoms with Gasteiger partial charge in [0.05, 0.1) is 17.6 Å². The smallest absolute Gasteiger partial charge is 0.236 e. The van der Waals surface area contributed by atoms with Gasteiger partial charge in [-0.15, -0.1) is 0 Å². The van der Waals surface area contributed by atoms with Gasteiger partial charge in [0.2, 0.25) is 5.91 Å². The van der Waals surface area contributed by atoms with Crippen molar-refractivity contribution in [2.75, 3.05) is 18.4 Å². The monoisotopic (exact) mass is 459 g/mol. The zero-order valence-electron chi connectivity index (χ0n) is 17.8. The van der Waals surface area contributed by atoms with Gasteiger partial charge in [-0.05, 0) is 48.4 Å². The van der Waals surface area contributed by atoms with Crippen LogP contribution in [-0.2, 0) is 11.3 Å². The molecule has 3 aromatic rings. The molecule has 0 saturated carbocycles. The minimum absolute atomic E-state index is 0.0282. The highest BCUT2D eigenvalue weighted by Gasteiger charge is 2.36. The fourth-order valence-corrected chi connectivity index (χ4v) is 4.23. The first kappa shape index (κ1) is 22.2. The Hall–Kier alpha value is -2.97. The van der Waals surface area contributed by atoms with Gasteiger partial charge in [0, 0.05) is 24.3 Å². The van der Waals surface area contributed by atoms with Gasteiger partial charge in [-0.25, -0.2) is 13.8 Å². The van der Waals surface area contributed by atoms with Crippen molar-refractivity contribution in [3.05, 3.63) is 64.9 Å². The number of halogens is 3. The molecule has 0 aliphatic carbocycles. The van der Waals surface area contributed by atoms with E-state index in [1.165, 1.54) is 24.3 Å². The number of nitrogens with one attached hydrogen (secondary N) is 1. The van der Waals surface area contributed by atoms with Crippen LogP contribution in [0.3, 0.4) is 0 Å². The zero-order valence-corrected chi connectivity index (χ0v) is 18.5. The summed E-state index contributed by atoms with van der Waals surface area (Å²) in [7, 11) is 0. The average Bonchev–Trinajstić information content (AvgIpc) is 3.13. The van der Waals surface area contributed by atoms with Crippen LogP contribution in [0.15, 0.2) is 42.5 Å². The number of anilines is 2. The quantitative estimate of drug-likeness (QED) is 0.578. The summed E-state index contributed by atoms with van der Waals surface area (Å²) < 4.78 is 29.6. The molecule has 0 bridgehead atoms. The van der Waals surface area contributed by atoms with Gasteiger partial charge < -0.3 is 20.5 Å². The van der Waals surface area contributed by atoms with Gasteiger partial charge in [-0.1, -0.05) is 25.4 Å². The lowest BCUT2D eigenvalue weighted by Crippen LogP contribution is -2.46. The first-order valence-electron chi connectivity index (χ1n) is 10.4. The van der Waals surface area contributed by atoms with Gasteiger partial charge in [-0.3, -0.25) is 4.79 Å². The summed E-state index contributed by atoms with van der Waals surface area (Å²) in [5, 5.41) is 3.29. The fraction of sp³-hybridized carbons (Fsp3) is 0.304. The highest BCUT2D eigenvalue weighted by Crippen LogP contribution is 2.39. The summed E-state index contributed by atoms with van der Waals surface area (Å²) in [5.41, 5.74) is 7.43. The maximum atomic E-state index is 14.1. The molecule has 168 valence electrons. The summed E-state index contributed by atoms with van der Waals surface area (Å²) in [6, 6.07) is 10.2. The Kier molecular flexibility index (Phi) is 6.17. The van der Waals surface area contributed by atoms with Crippen LogP contribution >= 0.6 is 11.6 Å². The number of nitrogens with two attached hydrogens (primary N) is 1. The molecule has 1 unspecified atom stereocenters. The van der Waals surface area contributed by atoms with Crippen molar-refractivity contribution in [1.82, 2.24) is 14.5 Å². The van der Waals surface area contributed by atoms with Crippen LogP contribution < -0.4 is 11.1 Å². The third kappa shape index (κ3) is 4.08. The molecule has 4 rings (SSSR count). The molecule has 2 heterocycles. The lowest BCUT2D eigenvalue weighted by Gasteiger charge is -2.38. The second kappa shape index (κ2) is 8.88. The lowest BCUT2D eigenvalue weighted by molar-refractivity contribution is -0.134. The molecule has 32 heavy (non-hydrogen) atoms. The van der Waals surface area contributed by atoms with E-state index in [-0.39, 0.29) is 35.3 Å². The van der Waals surface area contributed by atoms with Gasteiger partial charge in [-0.2, -0.15) is 0 Å². The van der Waals surface area contributed by atoms with Crippen molar-refractivity contribution >= 4 is 29.0 Å². The molecule has 1 atom stereocenters. The number of hydrogen-bond acceptors (Lipinski definition) is 4. The Balaban J connectivity index is 1.86. The van der Waals surface area contributed by atoms with E-state index < -0.39 is 5.82 Å². The third-order valence-corrected chi connectivity index (χ3v) is 5.89. The Morgan fingerprint density at radius 2 is 1.94 bits per heavy atom. The molecule has 0 fully saturated rings. The molecule has 1 aromatic heterocycles. The van der Waals surface area contributed by atoms with Crippen LogP contribution in [0.2, 0.25) is 5.02 Å². The molecule has 0 saturated heterocycles. The van der Waals surface area contributed by atoms with E-state index in [1.807, 2.05) is 18.4 Å². The van der Waals surface area contributed by atoms with E-state index in [0.29, 0.717) is 41.7 Å². The molecular formula is C23H24ClF2N5O. The van der Waals surface area contributed by atoms with Crippen molar-refractivity contribution in [2.24, 2.45) is 11.7 Å². The maximum Gasteiger partial charge on any atom is 0.236 e. The number of carbonyl (C=O) groups is 1. The SMILES string of the molecule is CC(C)C1c2nc(-c3ccc(F)cc3)c(Nc3ccc(Cl)c(F)c3)n2CCN1C(=O)CN. The van der Waals surface area contributed by atoms with Crippen molar-refractivity contribution in [3.8, 4) is 11.3 Å². The van der Waals surface area contributed by atoms with Gasteiger partial charge in [0.1, 0.15) is 29.0 Å². The molecule has 1 aliphatic rings. The molecule has 3 N–H and O–H groups in total. The van der Waals surface area contributed by atoms with Crippen molar-refractivity contribution in [1.29, 1.82) is 0 Å². The topological polar surface area (TPSA) is 76.2 Å². The van der Waals surface area contributed by atoms with Crippen LogP contribution in [-0.4, -0.2) is 33.4 Å². The van der Waals surface area contributed by atoms with Crippen LogP contribution in [0.25, 0.3) is 11.3 Å². The van der Waals surface area contributed by atoms with E-state index in [0.717, 1.165) is 0 Å². The maximum absolute atomic E-state index is 14.1. The molecule has 9 heteroatoms. The predicted molar refractivity (Wildman–Crippen MR) is 121 cm³/mol. The first-order valence-corrected chi connectivity index (χ1v) is 10.8. The molecule has 1 aliphatic heterocycles. The van der Waals surface area contributed by atoms with E-state index in [2.05, 4.69) is 5.32 Å². The molecule has 2 aromatic carbocycles. The fourth-order valence-electron chi connectivity index (χ4n) is 4.11. The highest BCUT2D eigenvalue weighted by molar-refractivity contribution is 6.30. The molecular weight excluding hydrogens is 436 g/mol. The normalized spacial score (nSPS) is 15.7. The minimum atomic E-state index is -0.543. The second-order valence-corrected chi connectivity index (χ2v) is 8.47. The predicted octanol–water partition coefficient (Wildman–Crippen LogP) is 4.72. The summed E-state index contributed by atoms with van der Waals surface area (Å²) in [4.78, 5) is 19.1. The number of aromatic nitrogens is 2. The summed E-state index contributed by atoms with van der Waals surface area (Å²) in [5.74, 6) is 0.373. The lowest BCUT2D eigenvalue weighted by atomic mass is 9.99. The van der Waals surface area contributed by atoms with E-state index in [9.17, 15) is 13.6 Å². The number of rotatable bonds is 5. The average molecular weight is 460 g/mol. The largest absolute Gasteiger partial charge is 0.340 e. The Morgan fingerprint density at radius 1 is 1.22 bits per heavy atom.